The van der Waals surface area contributed by atoms with Crippen molar-refractivity contribution in [3.05, 3.63) is 42.0 Å². The lowest BCUT2D eigenvalue weighted by molar-refractivity contribution is 0.449. The fourth-order valence-corrected chi connectivity index (χ4v) is 4.41. The number of rotatable bonds is 4. The molecule has 1 aromatic heterocycles. The highest BCUT2D eigenvalue weighted by molar-refractivity contribution is 7.91. The van der Waals surface area contributed by atoms with Crippen LogP contribution in [0.5, 0.6) is 0 Å². The van der Waals surface area contributed by atoms with Gasteiger partial charge < -0.3 is 10.2 Å². The highest BCUT2D eigenvalue weighted by atomic mass is 32.2. The number of aromatic nitrogens is 2. The SMILES string of the molecule is CN(c1cc(Nc2ccc(F)c(F)c2F)ncn1)C1CCS(=O)(=O)C1. The largest absolute Gasteiger partial charge is 0.355 e. The maximum absolute atomic E-state index is 13.7. The zero-order chi connectivity index (χ0) is 18.2. The van der Waals surface area contributed by atoms with Gasteiger partial charge in [0.05, 0.1) is 17.2 Å². The van der Waals surface area contributed by atoms with E-state index in [1.165, 1.54) is 12.4 Å². The molecule has 0 bridgehead atoms. The monoisotopic (exact) mass is 372 g/mol. The van der Waals surface area contributed by atoms with E-state index in [9.17, 15) is 21.6 Å². The molecule has 2 heterocycles. The van der Waals surface area contributed by atoms with Gasteiger partial charge in [0.15, 0.2) is 27.3 Å². The van der Waals surface area contributed by atoms with Crippen LogP contribution < -0.4 is 10.2 Å². The molecule has 1 saturated heterocycles. The molecule has 1 atom stereocenters. The van der Waals surface area contributed by atoms with E-state index in [4.69, 9.17) is 0 Å². The summed E-state index contributed by atoms with van der Waals surface area (Å²) in [7, 11) is -1.34. The fourth-order valence-electron chi connectivity index (χ4n) is 2.64. The van der Waals surface area contributed by atoms with Crippen molar-refractivity contribution in [1.29, 1.82) is 0 Å². The number of nitrogens with one attached hydrogen (secondary N) is 1. The van der Waals surface area contributed by atoms with Crippen LogP contribution in [-0.4, -0.2) is 43.0 Å². The van der Waals surface area contributed by atoms with Gasteiger partial charge in [-0.2, -0.15) is 0 Å². The summed E-state index contributed by atoms with van der Waals surface area (Å²) in [4.78, 5) is 9.70. The Labute approximate surface area is 142 Å². The van der Waals surface area contributed by atoms with Crippen molar-refractivity contribution in [2.75, 3.05) is 28.8 Å². The number of hydrogen-bond donors (Lipinski definition) is 1. The minimum atomic E-state index is -3.05. The van der Waals surface area contributed by atoms with Gasteiger partial charge in [0, 0.05) is 19.2 Å². The molecule has 3 rings (SSSR count). The predicted molar refractivity (Wildman–Crippen MR) is 87.1 cm³/mol. The van der Waals surface area contributed by atoms with Crippen molar-refractivity contribution in [2.24, 2.45) is 0 Å². The van der Waals surface area contributed by atoms with Crippen LogP contribution in [0.25, 0.3) is 0 Å². The average molecular weight is 372 g/mol. The smallest absolute Gasteiger partial charge is 0.196 e. The van der Waals surface area contributed by atoms with Gasteiger partial charge in [0.1, 0.15) is 18.0 Å². The van der Waals surface area contributed by atoms with E-state index in [2.05, 4.69) is 15.3 Å². The van der Waals surface area contributed by atoms with Crippen LogP contribution in [0, 0.1) is 17.5 Å². The van der Waals surface area contributed by atoms with E-state index in [0.717, 1.165) is 12.1 Å². The number of nitrogens with zero attached hydrogens (tertiary/aromatic N) is 3. The molecule has 2 aromatic rings. The molecule has 1 unspecified atom stereocenters. The first-order valence-electron chi connectivity index (χ1n) is 7.42. The lowest BCUT2D eigenvalue weighted by Crippen LogP contribution is -2.33. The molecule has 1 aliphatic heterocycles. The molecule has 25 heavy (non-hydrogen) atoms. The summed E-state index contributed by atoms with van der Waals surface area (Å²) < 4.78 is 63.2. The highest BCUT2D eigenvalue weighted by Gasteiger charge is 2.31. The Morgan fingerprint density at radius 2 is 1.96 bits per heavy atom. The minimum absolute atomic E-state index is 0.0358. The zero-order valence-corrected chi connectivity index (χ0v) is 14.0. The molecule has 0 saturated carbocycles. The van der Waals surface area contributed by atoms with Crippen molar-refractivity contribution in [3.8, 4) is 0 Å². The van der Waals surface area contributed by atoms with Crippen LogP contribution >= 0.6 is 0 Å². The Bertz CT molecular complexity index is 908. The van der Waals surface area contributed by atoms with E-state index in [0.29, 0.717) is 12.2 Å². The molecule has 1 aliphatic rings. The maximum Gasteiger partial charge on any atom is 0.196 e. The first-order chi connectivity index (χ1) is 11.8. The standard InChI is InChI=1S/C15H15F3N4O2S/c1-22(9-4-5-25(23,24)7-9)13-6-12(19-8-20-13)21-11-3-2-10(16)14(17)15(11)18/h2-3,6,8-9H,4-5,7H2,1H3,(H,19,20,21). The molecule has 1 N–H and O–H groups in total. The van der Waals surface area contributed by atoms with E-state index < -0.39 is 27.3 Å². The molecular formula is C15H15F3N4O2S. The number of sulfone groups is 1. The normalized spacial score (nSPS) is 19.0. The van der Waals surface area contributed by atoms with Crippen molar-refractivity contribution >= 4 is 27.2 Å². The van der Waals surface area contributed by atoms with Crippen molar-refractivity contribution in [2.45, 2.75) is 12.5 Å². The first-order valence-corrected chi connectivity index (χ1v) is 9.25. The predicted octanol–water partition coefficient (Wildman–Crippen LogP) is 2.26. The fraction of sp³-hybridized carbons (Fsp3) is 0.333. The topological polar surface area (TPSA) is 75.2 Å². The number of hydrogen-bond acceptors (Lipinski definition) is 6. The molecule has 0 aliphatic carbocycles. The van der Waals surface area contributed by atoms with Crippen molar-refractivity contribution in [3.63, 3.8) is 0 Å². The van der Waals surface area contributed by atoms with Crippen LogP contribution in [0.3, 0.4) is 0 Å². The third-order valence-electron chi connectivity index (χ3n) is 4.07. The quantitative estimate of drug-likeness (QED) is 0.830. The first kappa shape index (κ1) is 17.5. The Morgan fingerprint density at radius 1 is 1.20 bits per heavy atom. The van der Waals surface area contributed by atoms with E-state index in [-0.39, 0.29) is 29.1 Å². The van der Waals surface area contributed by atoms with Crippen LogP contribution in [0.4, 0.5) is 30.5 Å². The Morgan fingerprint density at radius 3 is 2.64 bits per heavy atom. The summed E-state index contributed by atoms with van der Waals surface area (Å²) >= 11 is 0. The number of halogens is 3. The van der Waals surface area contributed by atoms with Gasteiger partial charge in [-0.25, -0.2) is 31.6 Å². The average Bonchev–Trinajstić information content (AvgIpc) is 2.95. The second-order valence-electron chi connectivity index (χ2n) is 5.78. The van der Waals surface area contributed by atoms with Gasteiger partial charge in [-0.15, -0.1) is 0 Å². The highest BCUT2D eigenvalue weighted by Crippen LogP contribution is 2.26. The summed E-state index contributed by atoms with van der Waals surface area (Å²) in [6.45, 7) is 0. The summed E-state index contributed by atoms with van der Waals surface area (Å²) in [6, 6.07) is 3.13. The maximum atomic E-state index is 13.7. The molecule has 1 fully saturated rings. The lowest BCUT2D eigenvalue weighted by atomic mass is 10.2. The van der Waals surface area contributed by atoms with Crippen LogP contribution in [0.2, 0.25) is 0 Å². The third kappa shape index (κ3) is 3.68. The number of anilines is 3. The van der Waals surface area contributed by atoms with Crippen molar-refractivity contribution in [1.82, 2.24) is 9.97 Å². The Hall–Kier alpha value is -2.36. The summed E-state index contributed by atoms with van der Waals surface area (Å²) in [5.41, 5.74) is -0.269. The lowest BCUT2D eigenvalue weighted by Gasteiger charge is -2.24. The van der Waals surface area contributed by atoms with Gasteiger partial charge in [-0.1, -0.05) is 0 Å². The molecule has 0 amide bonds. The minimum Gasteiger partial charge on any atom is -0.355 e. The van der Waals surface area contributed by atoms with Gasteiger partial charge in [0.2, 0.25) is 0 Å². The van der Waals surface area contributed by atoms with Gasteiger partial charge in [-0.05, 0) is 18.6 Å². The van der Waals surface area contributed by atoms with Crippen LogP contribution in [0.15, 0.2) is 24.5 Å². The Balaban J connectivity index is 1.81. The summed E-state index contributed by atoms with van der Waals surface area (Å²) in [5, 5.41) is 2.56. The molecule has 0 spiro atoms. The third-order valence-corrected chi connectivity index (χ3v) is 5.82. The molecule has 134 valence electrons. The summed E-state index contributed by atoms with van der Waals surface area (Å²) in [6.07, 6.45) is 1.71. The second-order valence-corrected chi connectivity index (χ2v) is 8.01. The van der Waals surface area contributed by atoms with Crippen LogP contribution in [0.1, 0.15) is 6.42 Å². The number of benzene rings is 1. The van der Waals surface area contributed by atoms with Gasteiger partial charge >= 0.3 is 0 Å². The molecule has 0 radical (unpaired) electrons. The molecule has 1 aromatic carbocycles. The molecule has 10 heteroatoms. The molecular weight excluding hydrogens is 357 g/mol. The van der Waals surface area contributed by atoms with E-state index in [1.807, 2.05) is 0 Å². The van der Waals surface area contributed by atoms with Crippen LogP contribution in [-0.2, 0) is 9.84 Å². The van der Waals surface area contributed by atoms with Gasteiger partial charge in [-0.3, -0.25) is 0 Å². The van der Waals surface area contributed by atoms with E-state index >= 15 is 0 Å². The molecule has 6 nitrogen and oxygen atoms in total. The summed E-state index contributed by atoms with van der Waals surface area (Å²) in [5.74, 6) is -3.45. The zero-order valence-electron chi connectivity index (χ0n) is 13.2. The Kier molecular flexibility index (Phi) is 4.55. The van der Waals surface area contributed by atoms with Gasteiger partial charge in [0.25, 0.3) is 0 Å². The van der Waals surface area contributed by atoms with E-state index in [1.54, 1.807) is 11.9 Å². The van der Waals surface area contributed by atoms with Crippen molar-refractivity contribution < 1.29 is 21.6 Å². The second kappa shape index (κ2) is 6.51.